The number of nitro groups is 1. The van der Waals surface area contributed by atoms with Gasteiger partial charge in [-0.3, -0.25) is 10.1 Å². The Morgan fingerprint density at radius 3 is 2.71 bits per heavy atom. The predicted molar refractivity (Wildman–Crippen MR) is 53.1 cm³/mol. The van der Waals surface area contributed by atoms with Gasteiger partial charge in [-0.2, -0.15) is 4.39 Å². The van der Waals surface area contributed by atoms with Gasteiger partial charge in [0.1, 0.15) is 0 Å². The zero-order valence-electron chi connectivity index (χ0n) is 8.31. The lowest BCUT2D eigenvalue weighted by atomic mass is 10.1. The molecule has 0 bridgehead atoms. The molecule has 0 heterocycles. The highest BCUT2D eigenvalue weighted by Gasteiger charge is 2.17. The molecule has 0 radical (unpaired) electrons. The van der Waals surface area contributed by atoms with Crippen LogP contribution in [-0.2, 0) is 11.2 Å². The molecule has 0 aliphatic heterocycles. The van der Waals surface area contributed by atoms with E-state index in [0.29, 0.717) is 0 Å². The fourth-order valence-electron chi connectivity index (χ4n) is 1.16. The smallest absolute Gasteiger partial charge is 0.305 e. The van der Waals surface area contributed by atoms with Crippen molar-refractivity contribution in [3.8, 4) is 0 Å². The van der Waals surface area contributed by atoms with Gasteiger partial charge in [0.2, 0.25) is 5.82 Å². The van der Waals surface area contributed by atoms with Crippen molar-refractivity contribution in [3.05, 3.63) is 38.7 Å². The molecule has 0 N–H and O–H groups in total. The van der Waals surface area contributed by atoms with E-state index >= 15 is 0 Å². The summed E-state index contributed by atoms with van der Waals surface area (Å²) >= 11 is 5.64. The van der Waals surface area contributed by atoms with E-state index in [2.05, 4.69) is 4.74 Å². The first-order valence-corrected chi connectivity index (χ1v) is 4.75. The fraction of sp³-hybridized carbons (Fsp3) is 0.222. The van der Waals surface area contributed by atoms with E-state index in [-0.39, 0.29) is 23.6 Å². The molecule has 1 aromatic rings. The van der Waals surface area contributed by atoms with Crippen LogP contribution in [0.1, 0.15) is 5.56 Å². The summed E-state index contributed by atoms with van der Waals surface area (Å²) in [5, 5.41) is 20.4. The summed E-state index contributed by atoms with van der Waals surface area (Å²) in [6.07, 6.45) is -1.72. The maximum Gasteiger partial charge on any atom is 0.305 e. The quantitative estimate of drug-likeness (QED) is 0.463. The number of nitrogens with zero attached hydrogens (tertiary/aromatic N) is 1. The Morgan fingerprint density at radius 2 is 2.18 bits per heavy atom. The maximum atomic E-state index is 13.1. The van der Waals surface area contributed by atoms with Crippen molar-refractivity contribution >= 4 is 23.4 Å². The van der Waals surface area contributed by atoms with Crippen molar-refractivity contribution in [3.63, 3.8) is 0 Å². The Hall–Kier alpha value is -1.89. The number of ether oxygens (including phenoxy) is 1. The third-order valence-corrected chi connectivity index (χ3v) is 2.26. The lowest BCUT2D eigenvalue weighted by molar-refractivity contribution is -0.387. The highest BCUT2D eigenvalue weighted by atomic mass is 35.5. The number of carbonyl (C=O) groups is 1. The van der Waals surface area contributed by atoms with Crippen molar-refractivity contribution in [1.82, 2.24) is 0 Å². The summed E-state index contributed by atoms with van der Waals surface area (Å²) in [5.41, 5.74) is -0.501. The molecule has 8 heteroatoms. The molecule has 6 nitrogen and oxygen atoms in total. The van der Waals surface area contributed by atoms with Crippen LogP contribution in [0.4, 0.5) is 14.9 Å². The minimum absolute atomic E-state index is 0.00602. The van der Waals surface area contributed by atoms with Crippen molar-refractivity contribution in [2.45, 2.75) is 6.42 Å². The van der Waals surface area contributed by atoms with Crippen LogP contribution in [0, 0.1) is 15.9 Å². The van der Waals surface area contributed by atoms with E-state index < -0.39 is 22.6 Å². The number of hydrogen-bond acceptors (Lipinski definition) is 5. The molecular formula is C9H6ClFNO5-. The summed E-state index contributed by atoms with van der Waals surface area (Å²) in [5.74, 6) is -1.05. The van der Waals surface area contributed by atoms with Gasteiger partial charge in [0.05, 0.1) is 4.92 Å². The van der Waals surface area contributed by atoms with Crippen LogP contribution in [0.2, 0.25) is 5.02 Å². The van der Waals surface area contributed by atoms with Crippen LogP contribution in [0.5, 0.6) is 0 Å². The Labute approximate surface area is 99.7 Å². The molecule has 0 saturated heterocycles. The second-order valence-corrected chi connectivity index (χ2v) is 3.41. The highest BCUT2D eigenvalue weighted by molar-refractivity contribution is 6.31. The molecule has 0 atom stereocenters. The molecule has 92 valence electrons. The summed E-state index contributed by atoms with van der Waals surface area (Å²) in [6.45, 7) is -0.273. The summed E-state index contributed by atoms with van der Waals surface area (Å²) in [6, 6.07) is 1.74. The van der Waals surface area contributed by atoms with E-state index in [1.165, 1.54) is 0 Å². The van der Waals surface area contributed by atoms with E-state index in [0.717, 1.165) is 12.1 Å². The monoisotopic (exact) mass is 262 g/mol. The molecule has 0 fully saturated rings. The second-order valence-electron chi connectivity index (χ2n) is 3.00. The zero-order valence-corrected chi connectivity index (χ0v) is 9.07. The molecule has 0 saturated carbocycles. The molecular weight excluding hydrogens is 257 g/mol. The van der Waals surface area contributed by atoms with Gasteiger partial charge in [-0.05, 0) is 18.1 Å². The molecule has 0 aliphatic rings. The number of hydrogen-bond donors (Lipinski definition) is 0. The minimum Gasteiger partial charge on any atom is -0.549 e. The number of nitro benzene ring substituents is 1. The van der Waals surface area contributed by atoms with Crippen molar-refractivity contribution in [2.75, 3.05) is 6.61 Å². The molecule has 0 aliphatic carbocycles. The first-order valence-electron chi connectivity index (χ1n) is 4.38. The number of rotatable bonds is 4. The molecule has 0 spiro atoms. The predicted octanol–water partition coefficient (Wildman–Crippen LogP) is 1.29. The Balaban J connectivity index is 2.88. The van der Waals surface area contributed by atoms with Gasteiger partial charge >= 0.3 is 5.69 Å². The lowest BCUT2D eigenvalue weighted by Crippen LogP contribution is -2.24. The summed E-state index contributed by atoms with van der Waals surface area (Å²) in [7, 11) is 0. The van der Waals surface area contributed by atoms with Crippen LogP contribution in [0.25, 0.3) is 0 Å². The third-order valence-electron chi connectivity index (χ3n) is 1.90. The van der Waals surface area contributed by atoms with E-state index in [4.69, 9.17) is 11.6 Å². The second kappa shape index (κ2) is 5.44. The number of halogens is 2. The van der Waals surface area contributed by atoms with Crippen LogP contribution in [0.15, 0.2) is 12.1 Å². The first-order chi connectivity index (χ1) is 7.91. The Kier molecular flexibility index (Phi) is 4.22. The van der Waals surface area contributed by atoms with Crippen LogP contribution in [-0.4, -0.2) is 17.7 Å². The van der Waals surface area contributed by atoms with Gasteiger partial charge in [-0.25, -0.2) is 0 Å². The summed E-state index contributed by atoms with van der Waals surface area (Å²) < 4.78 is 17.2. The van der Waals surface area contributed by atoms with E-state index in [9.17, 15) is 24.4 Å². The van der Waals surface area contributed by atoms with Crippen molar-refractivity contribution < 1.29 is 24.0 Å². The summed E-state index contributed by atoms with van der Waals surface area (Å²) in [4.78, 5) is 19.5. The average molecular weight is 263 g/mol. The lowest BCUT2D eigenvalue weighted by Gasteiger charge is -2.09. The number of carbonyl (C=O) groups excluding carboxylic acids is 1. The minimum atomic E-state index is -1.71. The highest BCUT2D eigenvalue weighted by Crippen LogP contribution is 2.26. The zero-order chi connectivity index (χ0) is 13.0. The normalized spacial score (nSPS) is 10.0. The van der Waals surface area contributed by atoms with Gasteiger partial charge in [0.25, 0.3) is 6.16 Å². The number of carboxylic acid groups (broad SMARTS) is 1. The van der Waals surface area contributed by atoms with Crippen LogP contribution in [0.3, 0.4) is 0 Å². The SMILES string of the molecule is O=C([O-])OCCc1cc([N+](=O)[O-])c(F)cc1Cl. The first kappa shape index (κ1) is 13.2. The molecule has 1 aromatic carbocycles. The van der Waals surface area contributed by atoms with Gasteiger partial charge in [0, 0.05) is 17.7 Å². The Bertz CT molecular complexity index is 465. The fourth-order valence-corrected chi connectivity index (χ4v) is 1.40. The van der Waals surface area contributed by atoms with Gasteiger partial charge in [0.15, 0.2) is 0 Å². The van der Waals surface area contributed by atoms with Crippen LogP contribution >= 0.6 is 11.6 Å². The molecule has 0 amide bonds. The third kappa shape index (κ3) is 3.56. The van der Waals surface area contributed by atoms with Crippen LogP contribution < -0.4 is 5.11 Å². The molecule has 0 unspecified atom stereocenters. The average Bonchev–Trinajstić information content (AvgIpc) is 2.20. The van der Waals surface area contributed by atoms with Gasteiger partial charge < -0.3 is 14.6 Å². The van der Waals surface area contributed by atoms with E-state index in [1.54, 1.807) is 0 Å². The molecule has 1 rings (SSSR count). The van der Waals surface area contributed by atoms with Gasteiger partial charge in [-0.15, -0.1) is 0 Å². The number of benzene rings is 1. The van der Waals surface area contributed by atoms with Crippen molar-refractivity contribution in [2.24, 2.45) is 0 Å². The standard InChI is InChI=1S/C9H7ClFNO5/c10-6-4-7(11)8(12(15)16)3-5(6)1-2-17-9(13)14/h3-4H,1-2H2,(H,13,14)/p-1. The van der Waals surface area contributed by atoms with Crippen molar-refractivity contribution in [1.29, 1.82) is 0 Å². The maximum absolute atomic E-state index is 13.1. The topological polar surface area (TPSA) is 92.5 Å². The molecule has 17 heavy (non-hydrogen) atoms. The largest absolute Gasteiger partial charge is 0.549 e. The Morgan fingerprint density at radius 1 is 1.53 bits per heavy atom. The van der Waals surface area contributed by atoms with E-state index in [1.807, 2.05) is 0 Å². The molecule has 0 aromatic heterocycles. The van der Waals surface area contributed by atoms with Gasteiger partial charge in [-0.1, -0.05) is 11.6 Å².